The predicted molar refractivity (Wildman–Crippen MR) is 75.1 cm³/mol. The number of carbonyl (C=O) groups is 1. The van der Waals surface area contributed by atoms with Gasteiger partial charge in [0, 0.05) is 16.1 Å². The van der Waals surface area contributed by atoms with Crippen molar-refractivity contribution in [2.75, 3.05) is 5.32 Å². The molecule has 2 aromatic rings. The number of nitro benzene ring substituents is 1. The van der Waals surface area contributed by atoms with Crippen LogP contribution < -0.4 is 5.32 Å². The van der Waals surface area contributed by atoms with Crippen LogP contribution in [-0.2, 0) is 0 Å². The second-order valence-corrected chi connectivity index (χ2v) is 4.71. The van der Waals surface area contributed by atoms with Gasteiger partial charge in [-0.3, -0.25) is 14.9 Å². The highest BCUT2D eigenvalue weighted by molar-refractivity contribution is 9.10. The normalized spacial score (nSPS) is 10.1. The summed E-state index contributed by atoms with van der Waals surface area (Å²) in [6.07, 6.45) is 0. The molecule has 0 saturated carbocycles. The average Bonchev–Trinajstić information content (AvgIpc) is 2.41. The number of hydrogen-bond donors (Lipinski definition) is 1. The molecule has 2 aromatic carbocycles. The van der Waals surface area contributed by atoms with Crippen molar-refractivity contribution in [3.8, 4) is 0 Å². The van der Waals surface area contributed by atoms with Gasteiger partial charge in [0.05, 0.1) is 10.6 Å². The van der Waals surface area contributed by atoms with Gasteiger partial charge >= 0.3 is 5.69 Å². The third kappa shape index (κ3) is 3.00. The zero-order valence-electron chi connectivity index (χ0n) is 9.97. The molecule has 0 heterocycles. The van der Waals surface area contributed by atoms with Gasteiger partial charge in [-0.05, 0) is 40.2 Å². The fourth-order valence-electron chi connectivity index (χ4n) is 1.55. The summed E-state index contributed by atoms with van der Waals surface area (Å²) in [5.74, 6) is -1.53. The minimum Gasteiger partial charge on any atom is -0.321 e. The molecule has 0 aliphatic rings. The largest absolute Gasteiger partial charge is 0.321 e. The minimum atomic E-state index is -0.979. The Kier molecular flexibility index (Phi) is 4.09. The molecule has 0 unspecified atom stereocenters. The Morgan fingerprint density at radius 2 is 1.95 bits per heavy atom. The van der Waals surface area contributed by atoms with Crippen LogP contribution in [0.1, 0.15) is 10.4 Å². The molecule has 0 aromatic heterocycles. The summed E-state index contributed by atoms with van der Waals surface area (Å²) in [7, 11) is 0. The lowest BCUT2D eigenvalue weighted by Gasteiger charge is -2.07. The summed E-state index contributed by atoms with van der Waals surface area (Å²) in [6.45, 7) is 0. The number of carbonyl (C=O) groups excluding carboxylic acids is 1. The third-order valence-corrected chi connectivity index (χ3v) is 3.22. The van der Waals surface area contributed by atoms with Crippen molar-refractivity contribution < 1.29 is 14.1 Å². The zero-order chi connectivity index (χ0) is 14.7. The molecule has 5 nitrogen and oxygen atoms in total. The number of nitro groups is 1. The van der Waals surface area contributed by atoms with Crippen molar-refractivity contribution in [2.24, 2.45) is 0 Å². The Hall–Kier alpha value is -2.28. The Morgan fingerprint density at radius 1 is 1.25 bits per heavy atom. The molecular formula is C13H8BrFN2O3. The predicted octanol–water partition coefficient (Wildman–Crippen LogP) is 3.75. The van der Waals surface area contributed by atoms with Crippen molar-refractivity contribution in [1.82, 2.24) is 0 Å². The van der Waals surface area contributed by atoms with E-state index in [1.54, 1.807) is 24.3 Å². The van der Waals surface area contributed by atoms with E-state index in [0.717, 1.165) is 12.1 Å². The Balaban J connectivity index is 2.28. The van der Waals surface area contributed by atoms with Crippen molar-refractivity contribution in [1.29, 1.82) is 0 Å². The number of anilines is 1. The van der Waals surface area contributed by atoms with Gasteiger partial charge in [0.25, 0.3) is 5.91 Å². The van der Waals surface area contributed by atoms with Crippen LogP contribution in [0.2, 0.25) is 0 Å². The van der Waals surface area contributed by atoms with Gasteiger partial charge < -0.3 is 5.32 Å². The highest BCUT2D eigenvalue weighted by Gasteiger charge is 2.17. The van der Waals surface area contributed by atoms with Crippen LogP contribution in [0.15, 0.2) is 46.9 Å². The number of hydrogen-bond acceptors (Lipinski definition) is 3. The van der Waals surface area contributed by atoms with Crippen LogP contribution in [0, 0.1) is 15.9 Å². The standard InChI is InChI=1S/C13H8BrFN2O3/c14-9-3-1-2-4-11(9)16-13(18)8-5-6-10(15)12(7-8)17(19)20/h1-7H,(H,16,18). The van der Waals surface area contributed by atoms with Crippen LogP contribution in [-0.4, -0.2) is 10.8 Å². The molecule has 20 heavy (non-hydrogen) atoms. The van der Waals surface area contributed by atoms with E-state index in [4.69, 9.17) is 0 Å². The maximum Gasteiger partial charge on any atom is 0.305 e. The highest BCUT2D eigenvalue weighted by Crippen LogP contribution is 2.23. The lowest BCUT2D eigenvalue weighted by Crippen LogP contribution is -2.12. The summed E-state index contributed by atoms with van der Waals surface area (Å²) < 4.78 is 13.9. The molecule has 102 valence electrons. The molecule has 1 amide bonds. The molecule has 0 aliphatic carbocycles. The molecule has 0 spiro atoms. The van der Waals surface area contributed by atoms with E-state index >= 15 is 0 Å². The second-order valence-electron chi connectivity index (χ2n) is 3.86. The fourth-order valence-corrected chi connectivity index (χ4v) is 1.93. The van der Waals surface area contributed by atoms with E-state index in [9.17, 15) is 19.3 Å². The van der Waals surface area contributed by atoms with Gasteiger partial charge in [-0.15, -0.1) is 0 Å². The number of para-hydroxylation sites is 1. The molecule has 0 fully saturated rings. The van der Waals surface area contributed by atoms with Gasteiger partial charge in [0.1, 0.15) is 0 Å². The minimum absolute atomic E-state index is 0.00820. The van der Waals surface area contributed by atoms with Crippen LogP contribution >= 0.6 is 15.9 Å². The Bertz CT molecular complexity index is 691. The first-order chi connectivity index (χ1) is 9.49. The molecule has 0 aliphatic heterocycles. The zero-order valence-corrected chi connectivity index (χ0v) is 11.6. The first-order valence-corrected chi connectivity index (χ1v) is 6.28. The molecule has 0 atom stereocenters. The lowest BCUT2D eigenvalue weighted by molar-refractivity contribution is -0.387. The SMILES string of the molecule is O=C(Nc1ccccc1Br)c1ccc(F)c([N+](=O)[O-])c1. The summed E-state index contributed by atoms with van der Waals surface area (Å²) in [6, 6.07) is 9.90. The van der Waals surface area contributed by atoms with E-state index < -0.39 is 22.3 Å². The van der Waals surface area contributed by atoms with Crippen LogP contribution in [0.5, 0.6) is 0 Å². The monoisotopic (exact) mass is 338 g/mol. The molecule has 0 saturated heterocycles. The second kappa shape index (κ2) is 5.79. The Labute approximate surface area is 121 Å². The lowest BCUT2D eigenvalue weighted by atomic mass is 10.1. The summed E-state index contributed by atoms with van der Waals surface area (Å²) >= 11 is 3.26. The van der Waals surface area contributed by atoms with E-state index in [-0.39, 0.29) is 5.56 Å². The van der Waals surface area contributed by atoms with Crippen LogP contribution in [0.4, 0.5) is 15.8 Å². The number of nitrogens with zero attached hydrogens (tertiary/aromatic N) is 1. The first kappa shape index (κ1) is 14.1. The van der Waals surface area contributed by atoms with Gasteiger partial charge in [-0.25, -0.2) is 0 Å². The van der Waals surface area contributed by atoms with E-state index in [1.807, 2.05) is 0 Å². The van der Waals surface area contributed by atoms with E-state index in [0.29, 0.717) is 10.2 Å². The molecule has 1 N–H and O–H groups in total. The number of nitrogens with one attached hydrogen (secondary N) is 1. The van der Waals surface area contributed by atoms with Crippen molar-refractivity contribution in [3.05, 3.63) is 68.4 Å². The molecule has 7 heteroatoms. The van der Waals surface area contributed by atoms with E-state index in [2.05, 4.69) is 21.2 Å². The van der Waals surface area contributed by atoms with Gasteiger partial charge in [0.2, 0.25) is 5.82 Å². The first-order valence-electron chi connectivity index (χ1n) is 5.49. The van der Waals surface area contributed by atoms with Gasteiger partial charge in [-0.2, -0.15) is 4.39 Å². The van der Waals surface area contributed by atoms with Crippen molar-refractivity contribution >= 4 is 33.2 Å². The quantitative estimate of drug-likeness (QED) is 0.684. The number of amides is 1. The van der Waals surface area contributed by atoms with Gasteiger partial charge in [0.15, 0.2) is 0 Å². The topological polar surface area (TPSA) is 72.2 Å². The maximum atomic E-state index is 13.2. The number of benzene rings is 2. The Morgan fingerprint density at radius 3 is 2.60 bits per heavy atom. The van der Waals surface area contributed by atoms with Crippen LogP contribution in [0.3, 0.4) is 0 Å². The number of halogens is 2. The summed E-state index contributed by atoms with van der Waals surface area (Å²) in [5.41, 5.74) is -0.205. The molecule has 0 bridgehead atoms. The smallest absolute Gasteiger partial charge is 0.305 e. The van der Waals surface area contributed by atoms with Crippen LogP contribution in [0.25, 0.3) is 0 Å². The number of rotatable bonds is 3. The van der Waals surface area contributed by atoms with E-state index in [1.165, 1.54) is 6.07 Å². The summed E-state index contributed by atoms with van der Waals surface area (Å²) in [5, 5.41) is 13.2. The highest BCUT2D eigenvalue weighted by atomic mass is 79.9. The fraction of sp³-hybridized carbons (Fsp3) is 0. The molecule has 2 rings (SSSR count). The molecule has 0 radical (unpaired) electrons. The molecular weight excluding hydrogens is 331 g/mol. The third-order valence-electron chi connectivity index (χ3n) is 2.53. The maximum absolute atomic E-state index is 13.2. The van der Waals surface area contributed by atoms with Crippen molar-refractivity contribution in [2.45, 2.75) is 0 Å². The van der Waals surface area contributed by atoms with Crippen molar-refractivity contribution in [3.63, 3.8) is 0 Å². The average molecular weight is 339 g/mol. The van der Waals surface area contributed by atoms with Gasteiger partial charge in [-0.1, -0.05) is 12.1 Å². The summed E-state index contributed by atoms with van der Waals surface area (Å²) in [4.78, 5) is 21.7.